The average Bonchev–Trinajstić information content (AvgIpc) is 2.17. The molecule has 0 radical (unpaired) electrons. The van der Waals surface area contributed by atoms with Gasteiger partial charge in [0.1, 0.15) is 0 Å². The van der Waals surface area contributed by atoms with Crippen molar-refractivity contribution in [1.82, 2.24) is 5.32 Å². The number of thioether (sulfide) groups is 1. The van der Waals surface area contributed by atoms with Gasteiger partial charge in [-0.15, -0.1) is 11.8 Å². The van der Waals surface area contributed by atoms with E-state index in [-0.39, 0.29) is 6.10 Å². The quantitative estimate of drug-likeness (QED) is 0.808. The lowest BCUT2D eigenvalue weighted by molar-refractivity contribution is 0.199. The average molecular weight is 276 g/mol. The molecule has 1 aromatic rings. The summed E-state index contributed by atoms with van der Waals surface area (Å²) in [5.74, 6) is 0.712. The van der Waals surface area contributed by atoms with E-state index in [9.17, 15) is 5.11 Å². The van der Waals surface area contributed by atoms with E-state index < -0.39 is 0 Å². The SMILES string of the molecule is CNCC(O)CSc1ccccc1Br. The van der Waals surface area contributed by atoms with E-state index in [0.29, 0.717) is 12.3 Å². The van der Waals surface area contributed by atoms with Crippen LogP contribution < -0.4 is 5.32 Å². The van der Waals surface area contributed by atoms with Crippen molar-refractivity contribution in [1.29, 1.82) is 0 Å². The Balaban J connectivity index is 2.41. The van der Waals surface area contributed by atoms with Crippen molar-refractivity contribution in [3.05, 3.63) is 28.7 Å². The molecule has 2 N–H and O–H groups in total. The Bertz CT molecular complexity index is 283. The van der Waals surface area contributed by atoms with E-state index in [0.717, 1.165) is 4.47 Å². The molecule has 1 atom stereocenters. The lowest BCUT2D eigenvalue weighted by Crippen LogP contribution is -2.25. The minimum atomic E-state index is -0.294. The molecule has 0 aliphatic carbocycles. The van der Waals surface area contributed by atoms with Crippen LogP contribution in [0.2, 0.25) is 0 Å². The number of hydrogen-bond acceptors (Lipinski definition) is 3. The summed E-state index contributed by atoms with van der Waals surface area (Å²) in [7, 11) is 1.84. The maximum absolute atomic E-state index is 9.50. The number of hydrogen-bond donors (Lipinski definition) is 2. The van der Waals surface area contributed by atoms with Crippen LogP contribution in [0.25, 0.3) is 0 Å². The summed E-state index contributed by atoms with van der Waals surface area (Å²) in [5.41, 5.74) is 0. The fourth-order valence-electron chi connectivity index (χ4n) is 1.04. The first kappa shape index (κ1) is 12.0. The van der Waals surface area contributed by atoms with E-state index in [2.05, 4.69) is 21.2 Å². The van der Waals surface area contributed by atoms with Crippen LogP contribution in [-0.4, -0.2) is 30.6 Å². The van der Waals surface area contributed by atoms with Gasteiger partial charge in [0.25, 0.3) is 0 Å². The Morgan fingerprint density at radius 2 is 2.21 bits per heavy atom. The second-order valence-electron chi connectivity index (χ2n) is 2.95. The van der Waals surface area contributed by atoms with Crippen molar-refractivity contribution in [2.75, 3.05) is 19.3 Å². The minimum absolute atomic E-state index is 0.294. The van der Waals surface area contributed by atoms with E-state index in [1.54, 1.807) is 11.8 Å². The molecule has 1 aromatic carbocycles. The molecule has 0 fully saturated rings. The van der Waals surface area contributed by atoms with Gasteiger partial charge in [-0.2, -0.15) is 0 Å². The Kier molecular flexibility index (Phi) is 5.55. The molecule has 0 amide bonds. The molecule has 1 unspecified atom stereocenters. The molecule has 0 aliphatic heterocycles. The van der Waals surface area contributed by atoms with Crippen molar-refractivity contribution < 1.29 is 5.11 Å². The van der Waals surface area contributed by atoms with Crippen LogP contribution in [0.3, 0.4) is 0 Å². The summed E-state index contributed by atoms with van der Waals surface area (Å²) in [6, 6.07) is 8.03. The van der Waals surface area contributed by atoms with E-state index in [4.69, 9.17) is 0 Å². The Morgan fingerprint density at radius 3 is 2.86 bits per heavy atom. The molecule has 0 spiro atoms. The van der Waals surface area contributed by atoms with E-state index in [1.165, 1.54) is 4.90 Å². The summed E-state index contributed by atoms with van der Waals surface area (Å²) in [6.07, 6.45) is -0.294. The van der Waals surface area contributed by atoms with Gasteiger partial charge in [0.05, 0.1) is 6.10 Å². The number of rotatable bonds is 5. The fourth-order valence-corrected chi connectivity index (χ4v) is 2.54. The van der Waals surface area contributed by atoms with Crippen LogP contribution in [0.15, 0.2) is 33.6 Å². The maximum Gasteiger partial charge on any atom is 0.0758 e. The van der Waals surface area contributed by atoms with Gasteiger partial charge >= 0.3 is 0 Å². The molecule has 0 saturated heterocycles. The number of aliphatic hydroxyl groups is 1. The molecule has 0 aliphatic rings. The zero-order valence-electron chi connectivity index (χ0n) is 8.03. The number of nitrogens with one attached hydrogen (secondary N) is 1. The van der Waals surface area contributed by atoms with Crippen LogP contribution in [0.5, 0.6) is 0 Å². The lowest BCUT2D eigenvalue weighted by atomic mass is 10.4. The maximum atomic E-state index is 9.50. The summed E-state index contributed by atoms with van der Waals surface area (Å²) < 4.78 is 1.08. The second-order valence-corrected chi connectivity index (χ2v) is 4.87. The summed E-state index contributed by atoms with van der Waals surface area (Å²) in [6.45, 7) is 0.636. The van der Waals surface area contributed by atoms with Crippen molar-refractivity contribution >= 4 is 27.7 Å². The van der Waals surface area contributed by atoms with Crippen LogP contribution in [0, 0.1) is 0 Å². The Morgan fingerprint density at radius 1 is 1.50 bits per heavy atom. The number of aliphatic hydroxyl groups excluding tert-OH is 1. The summed E-state index contributed by atoms with van der Waals surface area (Å²) in [5, 5.41) is 12.4. The molecule has 0 heterocycles. The lowest BCUT2D eigenvalue weighted by Gasteiger charge is -2.09. The van der Waals surface area contributed by atoms with Gasteiger partial charge in [-0.1, -0.05) is 12.1 Å². The largest absolute Gasteiger partial charge is 0.391 e. The predicted octanol–water partition coefficient (Wildman–Crippen LogP) is 2.12. The van der Waals surface area contributed by atoms with Gasteiger partial charge in [-0.25, -0.2) is 0 Å². The molecular weight excluding hydrogens is 262 g/mol. The topological polar surface area (TPSA) is 32.3 Å². The normalized spacial score (nSPS) is 12.8. The van der Waals surface area contributed by atoms with Crippen LogP contribution >= 0.6 is 27.7 Å². The zero-order valence-corrected chi connectivity index (χ0v) is 10.4. The molecule has 78 valence electrons. The second kappa shape index (κ2) is 6.45. The van der Waals surface area contributed by atoms with Gasteiger partial charge in [-0.05, 0) is 35.1 Å². The highest BCUT2D eigenvalue weighted by Gasteiger charge is 2.05. The van der Waals surface area contributed by atoms with Gasteiger partial charge in [-0.3, -0.25) is 0 Å². The molecule has 1 rings (SSSR count). The number of halogens is 1. The standard InChI is InChI=1S/C10H14BrNOS/c1-12-6-8(13)7-14-10-5-3-2-4-9(10)11/h2-5,8,12-13H,6-7H2,1H3. The number of benzene rings is 1. The van der Waals surface area contributed by atoms with Crippen LogP contribution in [-0.2, 0) is 0 Å². The molecule has 0 bridgehead atoms. The molecule has 4 heteroatoms. The zero-order chi connectivity index (χ0) is 10.4. The van der Waals surface area contributed by atoms with Gasteiger partial charge in [0.2, 0.25) is 0 Å². The van der Waals surface area contributed by atoms with E-state index >= 15 is 0 Å². The van der Waals surface area contributed by atoms with Crippen LogP contribution in [0.1, 0.15) is 0 Å². The molecule has 0 aromatic heterocycles. The third-order valence-electron chi connectivity index (χ3n) is 1.71. The van der Waals surface area contributed by atoms with Gasteiger partial charge in [0, 0.05) is 21.7 Å². The third kappa shape index (κ3) is 4.00. The highest BCUT2D eigenvalue weighted by molar-refractivity contribution is 9.10. The highest BCUT2D eigenvalue weighted by Crippen LogP contribution is 2.27. The first-order chi connectivity index (χ1) is 6.74. The molecule has 0 saturated carbocycles. The summed E-state index contributed by atoms with van der Waals surface area (Å²) >= 11 is 5.13. The Labute approximate surface area is 97.2 Å². The first-order valence-corrected chi connectivity index (χ1v) is 6.22. The molecule has 14 heavy (non-hydrogen) atoms. The summed E-state index contributed by atoms with van der Waals surface area (Å²) in [4.78, 5) is 1.17. The molecule has 2 nitrogen and oxygen atoms in total. The third-order valence-corrected chi connectivity index (χ3v) is 3.88. The van der Waals surface area contributed by atoms with Crippen LogP contribution in [0.4, 0.5) is 0 Å². The highest BCUT2D eigenvalue weighted by atomic mass is 79.9. The number of likely N-dealkylation sites (N-methyl/N-ethyl adjacent to an activating group) is 1. The van der Waals surface area contributed by atoms with Crippen molar-refractivity contribution in [3.63, 3.8) is 0 Å². The monoisotopic (exact) mass is 275 g/mol. The Hall–Kier alpha value is -0.0300. The van der Waals surface area contributed by atoms with Crippen molar-refractivity contribution in [2.45, 2.75) is 11.0 Å². The van der Waals surface area contributed by atoms with Gasteiger partial charge in [0.15, 0.2) is 0 Å². The predicted molar refractivity (Wildman–Crippen MR) is 64.8 cm³/mol. The van der Waals surface area contributed by atoms with Crippen molar-refractivity contribution in [2.24, 2.45) is 0 Å². The molecular formula is C10H14BrNOS. The first-order valence-electron chi connectivity index (χ1n) is 4.44. The van der Waals surface area contributed by atoms with E-state index in [1.807, 2.05) is 31.3 Å². The fraction of sp³-hybridized carbons (Fsp3) is 0.400. The minimum Gasteiger partial charge on any atom is -0.391 e. The smallest absolute Gasteiger partial charge is 0.0758 e. The van der Waals surface area contributed by atoms with Gasteiger partial charge < -0.3 is 10.4 Å². The van der Waals surface area contributed by atoms with Crippen molar-refractivity contribution in [3.8, 4) is 0 Å².